The average molecular weight is 647 g/mol. The smallest absolute Gasteiger partial charge is 0.340 e. The monoisotopic (exact) mass is 646 g/mol. The Labute approximate surface area is 278 Å². The third-order valence-electron chi connectivity index (χ3n) is 7.41. The second kappa shape index (κ2) is 16.7. The number of rotatable bonds is 11. The maximum absolute atomic E-state index is 13.8. The Bertz CT molecular complexity index is 1760. The first kappa shape index (κ1) is 33.6. The molecule has 1 heterocycles. The topological polar surface area (TPSA) is 114 Å². The van der Waals surface area contributed by atoms with E-state index in [-0.39, 0.29) is 16.7 Å². The van der Waals surface area contributed by atoms with Gasteiger partial charge in [-0.25, -0.2) is 19.2 Å². The molecule has 5 rings (SSSR count). The predicted molar refractivity (Wildman–Crippen MR) is 175 cm³/mol. The Morgan fingerprint density at radius 2 is 1.15 bits per heavy atom. The summed E-state index contributed by atoms with van der Waals surface area (Å²) in [7, 11) is 0. The highest BCUT2D eigenvalue weighted by atomic mass is 16.8. The quantitative estimate of drug-likeness (QED) is 0.0788. The molecule has 1 fully saturated rings. The van der Waals surface area contributed by atoms with Gasteiger partial charge in [-0.15, -0.1) is 0 Å². The molecular weight excluding hydrogens is 612 g/mol. The van der Waals surface area contributed by atoms with Crippen molar-refractivity contribution in [2.24, 2.45) is 0 Å². The minimum Gasteiger partial charge on any atom is -0.459 e. The van der Waals surface area contributed by atoms with Crippen molar-refractivity contribution < 1.29 is 42.9 Å². The second-order valence-electron chi connectivity index (χ2n) is 10.8. The summed E-state index contributed by atoms with van der Waals surface area (Å²) in [5.41, 5.74) is 1.35. The van der Waals surface area contributed by atoms with Crippen molar-refractivity contribution in [3.63, 3.8) is 0 Å². The van der Waals surface area contributed by atoms with Gasteiger partial charge in [0, 0.05) is 12.0 Å². The molecule has 0 aromatic heterocycles. The molecule has 0 bridgehead atoms. The van der Waals surface area contributed by atoms with Gasteiger partial charge >= 0.3 is 23.9 Å². The first-order chi connectivity index (χ1) is 23.4. The molecule has 1 aliphatic rings. The van der Waals surface area contributed by atoms with Gasteiger partial charge in [0.05, 0.1) is 22.3 Å². The van der Waals surface area contributed by atoms with Crippen LogP contribution in [0.2, 0.25) is 0 Å². The minimum absolute atomic E-state index is 0.168. The van der Waals surface area contributed by atoms with Gasteiger partial charge in [-0.3, -0.25) is 0 Å². The fourth-order valence-electron chi connectivity index (χ4n) is 4.90. The number of hydrogen-bond donors (Lipinski definition) is 0. The lowest BCUT2D eigenvalue weighted by molar-refractivity contribution is -0.141. The summed E-state index contributed by atoms with van der Waals surface area (Å²) >= 11 is 0. The summed E-state index contributed by atoms with van der Waals surface area (Å²) in [6.07, 6.45) is -2.94. The van der Waals surface area contributed by atoms with Crippen molar-refractivity contribution in [2.45, 2.75) is 50.8 Å². The van der Waals surface area contributed by atoms with Crippen LogP contribution >= 0.6 is 0 Å². The van der Waals surface area contributed by atoms with Crippen LogP contribution in [0.1, 0.15) is 73.2 Å². The highest BCUT2D eigenvalue weighted by Crippen LogP contribution is 2.31. The first-order valence-corrected chi connectivity index (χ1v) is 15.6. The molecule has 4 aromatic carbocycles. The maximum atomic E-state index is 13.8. The van der Waals surface area contributed by atoms with Crippen molar-refractivity contribution in [1.29, 1.82) is 0 Å². The average Bonchev–Trinajstić information content (AvgIpc) is 3.44. The second-order valence-corrected chi connectivity index (χ2v) is 10.8. The Balaban J connectivity index is 1.46. The van der Waals surface area contributed by atoms with Gasteiger partial charge < -0.3 is 23.7 Å². The number of benzene rings is 4. The number of carbonyl (C=O) groups is 4. The zero-order valence-corrected chi connectivity index (χ0v) is 26.3. The van der Waals surface area contributed by atoms with Gasteiger partial charge in [-0.05, 0) is 55.0 Å². The molecule has 9 heteroatoms. The summed E-state index contributed by atoms with van der Waals surface area (Å²) < 4.78 is 29.1. The van der Waals surface area contributed by atoms with Crippen LogP contribution in [0.5, 0.6) is 0 Å². The van der Waals surface area contributed by atoms with E-state index < -0.39 is 55.1 Å². The van der Waals surface area contributed by atoms with Crippen molar-refractivity contribution in [2.75, 3.05) is 6.61 Å². The molecule has 4 atom stereocenters. The predicted octanol–water partition coefficient (Wildman–Crippen LogP) is 6.42. The summed E-state index contributed by atoms with van der Waals surface area (Å²) in [6, 6.07) is 31.4. The summed E-state index contributed by atoms with van der Waals surface area (Å²) in [4.78, 5) is 53.1. The molecular formula is C39H34O9. The SMILES string of the molecule is CCCCC#Cc1ccccc1C(=O)OC1C(OC(=O)c2ccccc2)[C@@H](COC(=O)c2ccccc2)O[C@H]1OC(=O)c1ccccc1. The first-order valence-electron chi connectivity index (χ1n) is 15.6. The number of ether oxygens (including phenoxy) is 5. The van der Waals surface area contributed by atoms with Crippen LogP contribution in [-0.4, -0.2) is 55.1 Å². The van der Waals surface area contributed by atoms with Crippen LogP contribution < -0.4 is 0 Å². The zero-order chi connectivity index (χ0) is 33.7. The van der Waals surface area contributed by atoms with Gasteiger partial charge in [0.2, 0.25) is 12.4 Å². The molecule has 0 N–H and O–H groups in total. The Morgan fingerprint density at radius 3 is 1.75 bits per heavy atom. The van der Waals surface area contributed by atoms with Crippen LogP contribution in [0, 0.1) is 11.8 Å². The van der Waals surface area contributed by atoms with E-state index in [1.807, 2.05) is 0 Å². The van der Waals surface area contributed by atoms with Crippen molar-refractivity contribution >= 4 is 23.9 Å². The van der Waals surface area contributed by atoms with E-state index in [4.69, 9.17) is 23.7 Å². The van der Waals surface area contributed by atoms with Crippen LogP contribution in [0.25, 0.3) is 0 Å². The molecule has 0 radical (unpaired) electrons. The molecule has 0 aliphatic carbocycles. The zero-order valence-electron chi connectivity index (χ0n) is 26.3. The molecule has 2 unspecified atom stereocenters. The molecule has 48 heavy (non-hydrogen) atoms. The molecule has 0 spiro atoms. The lowest BCUT2D eigenvalue weighted by Gasteiger charge is -2.24. The maximum Gasteiger partial charge on any atom is 0.340 e. The lowest BCUT2D eigenvalue weighted by atomic mass is 10.1. The van der Waals surface area contributed by atoms with Gasteiger partial charge in [-0.2, -0.15) is 0 Å². The normalized spacial score (nSPS) is 18.1. The van der Waals surface area contributed by atoms with Crippen LogP contribution in [0.15, 0.2) is 115 Å². The summed E-state index contributed by atoms with van der Waals surface area (Å²) in [5.74, 6) is 3.14. The van der Waals surface area contributed by atoms with Gasteiger partial charge in [0.25, 0.3) is 0 Å². The standard InChI is InChI=1S/C39H34O9/c1-2-3-4-8-17-27-18-15-16-25-31(27)38(43)47-34-33(46-36(41)29-21-11-6-12-22-29)32(26-44-35(40)28-19-9-5-10-20-28)45-39(34)48-37(42)30-23-13-7-14-24-30/h5-7,9-16,18-25,32-34,39H,2-4,26H2,1H3/t32-,33?,34?,39+/m1/s1. The van der Waals surface area contributed by atoms with E-state index in [1.54, 1.807) is 115 Å². The van der Waals surface area contributed by atoms with E-state index in [0.717, 1.165) is 12.8 Å². The van der Waals surface area contributed by atoms with Gasteiger partial charge in [0.15, 0.2) is 6.10 Å². The van der Waals surface area contributed by atoms with E-state index in [2.05, 4.69) is 18.8 Å². The Kier molecular flexibility index (Phi) is 11.7. The van der Waals surface area contributed by atoms with Crippen LogP contribution in [0.4, 0.5) is 0 Å². The Hall–Kier alpha value is -5.72. The minimum atomic E-state index is -1.53. The molecule has 0 saturated carbocycles. The highest BCUT2D eigenvalue weighted by Gasteiger charge is 2.52. The van der Waals surface area contributed by atoms with Crippen LogP contribution in [0.3, 0.4) is 0 Å². The summed E-state index contributed by atoms with van der Waals surface area (Å²) in [5, 5.41) is 0. The van der Waals surface area contributed by atoms with Crippen molar-refractivity contribution in [3.05, 3.63) is 143 Å². The van der Waals surface area contributed by atoms with Crippen molar-refractivity contribution in [1.82, 2.24) is 0 Å². The van der Waals surface area contributed by atoms with Gasteiger partial charge in [-0.1, -0.05) is 91.9 Å². The molecule has 9 nitrogen and oxygen atoms in total. The van der Waals surface area contributed by atoms with Gasteiger partial charge in [0.1, 0.15) is 12.7 Å². The number of carbonyl (C=O) groups excluding carboxylic acids is 4. The van der Waals surface area contributed by atoms with Crippen LogP contribution in [-0.2, 0) is 23.7 Å². The molecule has 0 amide bonds. The fraction of sp³-hybridized carbons (Fsp3) is 0.231. The molecule has 244 valence electrons. The van der Waals surface area contributed by atoms with Crippen molar-refractivity contribution in [3.8, 4) is 11.8 Å². The van der Waals surface area contributed by atoms with E-state index in [0.29, 0.717) is 17.5 Å². The molecule has 4 aromatic rings. The molecule has 1 saturated heterocycles. The van der Waals surface area contributed by atoms with E-state index in [1.165, 1.54) is 0 Å². The lowest BCUT2D eigenvalue weighted by Crippen LogP contribution is -2.43. The Morgan fingerprint density at radius 1 is 0.625 bits per heavy atom. The molecule has 1 aliphatic heterocycles. The number of hydrogen-bond acceptors (Lipinski definition) is 9. The third kappa shape index (κ3) is 8.75. The highest BCUT2D eigenvalue weighted by molar-refractivity contribution is 5.93. The largest absolute Gasteiger partial charge is 0.459 e. The fourth-order valence-corrected chi connectivity index (χ4v) is 4.90. The van der Waals surface area contributed by atoms with E-state index >= 15 is 0 Å². The number of esters is 4. The van der Waals surface area contributed by atoms with E-state index in [9.17, 15) is 19.2 Å². The number of unbranched alkanes of at least 4 members (excludes halogenated alkanes) is 2. The summed E-state index contributed by atoms with van der Waals surface area (Å²) in [6.45, 7) is 1.65. The third-order valence-corrected chi connectivity index (χ3v) is 7.41.